The molecule has 1 unspecified atom stereocenters. The summed E-state index contributed by atoms with van der Waals surface area (Å²) in [5.74, 6) is 1.05. The number of carbonyl (C=O) groups is 1. The van der Waals surface area contributed by atoms with Crippen molar-refractivity contribution in [2.45, 2.75) is 89.6 Å². The Bertz CT molecular complexity index is 737. The molecule has 0 fully saturated rings. The van der Waals surface area contributed by atoms with Crippen LogP contribution in [0.2, 0.25) is 0 Å². The van der Waals surface area contributed by atoms with Gasteiger partial charge in [-0.05, 0) is 88.1 Å². The molecule has 0 aliphatic carbocycles. The molecule has 0 amide bonds. The van der Waals surface area contributed by atoms with Gasteiger partial charge in [-0.25, -0.2) is 0 Å². The summed E-state index contributed by atoms with van der Waals surface area (Å²) >= 11 is 0. The summed E-state index contributed by atoms with van der Waals surface area (Å²) in [4.78, 5) is 10.5. The lowest BCUT2D eigenvalue weighted by atomic mass is 9.91. The molecule has 1 aromatic carbocycles. The van der Waals surface area contributed by atoms with Gasteiger partial charge in [0.2, 0.25) is 0 Å². The Labute approximate surface area is 180 Å². The van der Waals surface area contributed by atoms with E-state index in [0.717, 1.165) is 62.9 Å². The van der Waals surface area contributed by atoms with E-state index in [1.54, 1.807) is 0 Å². The number of carboxylic acids is 1. The van der Waals surface area contributed by atoms with E-state index in [1.807, 2.05) is 12.1 Å². The molecule has 0 spiro atoms. The van der Waals surface area contributed by atoms with E-state index in [0.29, 0.717) is 19.4 Å². The molecule has 1 heterocycles. The van der Waals surface area contributed by atoms with E-state index in [1.165, 1.54) is 12.0 Å². The van der Waals surface area contributed by atoms with Gasteiger partial charge in [0.05, 0.1) is 12.7 Å². The van der Waals surface area contributed by atoms with Crippen molar-refractivity contribution in [2.24, 2.45) is 0 Å². The van der Waals surface area contributed by atoms with Crippen LogP contribution in [0.15, 0.2) is 30.4 Å². The van der Waals surface area contributed by atoms with Gasteiger partial charge in [0.25, 0.3) is 0 Å². The van der Waals surface area contributed by atoms with E-state index in [2.05, 4.69) is 31.2 Å². The normalized spacial score (nSPS) is 17.9. The summed E-state index contributed by atoms with van der Waals surface area (Å²) in [6.45, 7) is 2.75. The largest absolute Gasteiger partial charge is 0.494 e. The SMILES string of the molecule is CC1(C=CCCCCCCC#N)CCc2cc(OCCCCCC(=O)O)ccc2O1. The van der Waals surface area contributed by atoms with Gasteiger partial charge in [-0.3, -0.25) is 4.79 Å². The molecule has 1 N–H and O–H groups in total. The van der Waals surface area contributed by atoms with Crippen molar-refractivity contribution in [1.82, 2.24) is 0 Å². The van der Waals surface area contributed by atoms with Gasteiger partial charge in [-0.1, -0.05) is 18.9 Å². The Morgan fingerprint density at radius 3 is 2.83 bits per heavy atom. The molecule has 5 nitrogen and oxygen atoms in total. The van der Waals surface area contributed by atoms with Crippen LogP contribution in [0.1, 0.15) is 83.1 Å². The molecular formula is C25H35NO4. The van der Waals surface area contributed by atoms with E-state index >= 15 is 0 Å². The highest BCUT2D eigenvalue weighted by molar-refractivity contribution is 5.66. The number of aryl methyl sites for hydroxylation is 1. The highest BCUT2D eigenvalue weighted by Gasteiger charge is 2.29. The van der Waals surface area contributed by atoms with Gasteiger partial charge < -0.3 is 14.6 Å². The van der Waals surface area contributed by atoms with Crippen molar-refractivity contribution in [3.8, 4) is 17.6 Å². The predicted molar refractivity (Wildman–Crippen MR) is 118 cm³/mol. The molecule has 0 aromatic heterocycles. The molecule has 0 bridgehead atoms. The molecule has 164 valence electrons. The van der Waals surface area contributed by atoms with Crippen LogP contribution in [0.25, 0.3) is 0 Å². The first-order valence-corrected chi connectivity index (χ1v) is 11.2. The van der Waals surface area contributed by atoms with Gasteiger partial charge in [-0.2, -0.15) is 5.26 Å². The standard InChI is InChI=1S/C25H35NO4/c1-25(16-9-5-3-2-4-6-10-18-26)17-15-21-20-22(13-14-23(21)30-25)29-19-11-7-8-12-24(27)28/h9,13-14,16,20H,2-8,10-12,15,17,19H2,1H3,(H,27,28). The fraction of sp³-hybridized carbons (Fsp3) is 0.600. The maximum atomic E-state index is 10.5. The Balaban J connectivity index is 1.72. The number of ether oxygens (including phenoxy) is 2. The Kier molecular flexibility index (Phi) is 10.3. The minimum atomic E-state index is -0.737. The van der Waals surface area contributed by atoms with Gasteiger partial charge in [0, 0.05) is 12.8 Å². The fourth-order valence-electron chi connectivity index (χ4n) is 3.64. The van der Waals surface area contributed by atoms with Crippen LogP contribution in [0, 0.1) is 11.3 Å². The number of hydrogen-bond donors (Lipinski definition) is 1. The number of aliphatic carboxylic acids is 1. The Morgan fingerprint density at radius 1 is 1.23 bits per heavy atom. The number of nitrogens with zero attached hydrogens (tertiary/aromatic N) is 1. The quantitative estimate of drug-likeness (QED) is 0.289. The zero-order valence-electron chi connectivity index (χ0n) is 18.2. The molecule has 0 saturated heterocycles. The van der Waals surface area contributed by atoms with Crippen LogP contribution in [0.3, 0.4) is 0 Å². The number of fused-ring (bicyclic) bond motifs is 1. The molecule has 1 aliphatic rings. The number of nitriles is 1. The summed E-state index contributed by atoms with van der Waals surface area (Å²) in [6, 6.07) is 8.21. The zero-order valence-corrected chi connectivity index (χ0v) is 18.2. The highest BCUT2D eigenvalue weighted by Crippen LogP contribution is 2.36. The molecule has 0 saturated carbocycles. The van der Waals surface area contributed by atoms with Crippen molar-refractivity contribution < 1.29 is 19.4 Å². The second-order valence-electron chi connectivity index (χ2n) is 8.25. The number of rotatable bonds is 14. The topological polar surface area (TPSA) is 79.5 Å². The lowest BCUT2D eigenvalue weighted by Gasteiger charge is -2.33. The average Bonchev–Trinajstić information content (AvgIpc) is 2.72. The number of benzene rings is 1. The molecule has 30 heavy (non-hydrogen) atoms. The average molecular weight is 414 g/mol. The minimum Gasteiger partial charge on any atom is -0.494 e. The minimum absolute atomic E-state index is 0.228. The lowest BCUT2D eigenvalue weighted by Crippen LogP contribution is -2.34. The fourth-order valence-corrected chi connectivity index (χ4v) is 3.64. The molecular weight excluding hydrogens is 378 g/mol. The molecule has 1 atom stereocenters. The van der Waals surface area contributed by atoms with E-state index in [9.17, 15) is 4.79 Å². The van der Waals surface area contributed by atoms with E-state index in [-0.39, 0.29) is 12.0 Å². The number of carboxylic acid groups (broad SMARTS) is 1. The smallest absolute Gasteiger partial charge is 0.303 e. The highest BCUT2D eigenvalue weighted by atomic mass is 16.5. The number of allylic oxidation sites excluding steroid dienone is 1. The second-order valence-corrected chi connectivity index (χ2v) is 8.25. The van der Waals surface area contributed by atoms with Crippen molar-refractivity contribution in [2.75, 3.05) is 6.61 Å². The number of hydrogen-bond acceptors (Lipinski definition) is 4. The molecule has 1 aliphatic heterocycles. The van der Waals surface area contributed by atoms with Crippen molar-refractivity contribution >= 4 is 5.97 Å². The Hall–Kier alpha value is -2.48. The van der Waals surface area contributed by atoms with Crippen molar-refractivity contribution in [1.29, 1.82) is 5.26 Å². The van der Waals surface area contributed by atoms with Crippen LogP contribution >= 0.6 is 0 Å². The third-order valence-electron chi connectivity index (χ3n) is 5.45. The van der Waals surface area contributed by atoms with Gasteiger partial charge in [-0.15, -0.1) is 0 Å². The number of unbranched alkanes of at least 4 members (excludes halogenated alkanes) is 7. The molecule has 0 radical (unpaired) electrons. The first-order valence-electron chi connectivity index (χ1n) is 11.2. The second kappa shape index (κ2) is 13.0. The van der Waals surface area contributed by atoms with Crippen LogP contribution in [0.5, 0.6) is 11.5 Å². The molecule has 5 heteroatoms. The third kappa shape index (κ3) is 8.90. The van der Waals surface area contributed by atoms with Crippen LogP contribution in [0.4, 0.5) is 0 Å². The monoisotopic (exact) mass is 413 g/mol. The maximum Gasteiger partial charge on any atom is 0.303 e. The molecule has 2 rings (SSSR count). The molecule has 1 aromatic rings. The Morgan fingerprint density at radius 2 is 2.03 bits per heavy atom. The van der Waals surface area contributed by atoms with Crippen molar-refractivity contribution in [3.63, 3.8) is 0 Å². The van der Waals surface area contributed by atoms with E-state index < -0.39 is 5.97 Å². The third-order valence-corrected chi connectivity index (χ3v) is 5.45. The summed E-state index contributed by atoms with van der Waals surface area (Å²) < 4.78 is 12.1. The van der Waals surface area contributed by atoms with Crippen LogP contribution < -0.4 is 9.47 Å². The van der Waals surface area contributed by atoms with Gasteiger partial charge >= 0.3 is 5.97 Å². The summed E-state index contributed by atoms with van der Waals surface area (Å²) in [6.07, 6.45) is 15.2. The first kappa shape index (κ1) is 23.8. The first-order chi connectivity index (χ1) is 14.5. The predicted octanol–water partition coefficient (Wildman–Crippen LogP) is 6.21. The van der Waals surface area contributed by atoms with Crippen molar-refractivity contribution in [3.05, 3.63) is 35.9 Å². The van der Waals surface area contributed by atoms with Gasteiger partial charge in [0.15, 0.2) is 0 Å². The van der Waals surface area contributed by atoms with Crippen LogP contribution in [-0.2, 0) is 11.2 Å². The lowest BCUT2D eigenvalue weighted by molar-refractivity contribution is -0.137. The van der Waals surface area contributed by atoms with E-state index in [4.69, 9.17) is 19.8 Å². The summed E-state index contributed by atoms with van der Waals surface area (Å²) in [5.41, 5.74) is 0.919. The van der Waals surface area contributed by atoms with Crippen LogP contribution in [-0.4, -0.2) is 23.3 Å². The van der Waals surface area contributed by atoms with Gasteiger partial charge in [0.1, 0.15) is 17.1 Å². The summed E-state index contributed by atoms with van der Waals surface area (Å²) in [5, 5.41) is 17.2. The summed E-state index contributed by atoms with van der Waals surface area (Å²) in [7, 11) is 0. The maximum absolute atomic E-state index is 10.5. The zero-order chi connectivity index (χ0) is 21.7.